The van der Waals surface area contributed by atoms with Crippen molar-refractivity contribution in [2.75, 3.05) is 6.61 Å². The molecule has 0 spiro atoms. The predicted octanol–water partition coefficient (Wildman–Crippen LogP) is 4.06. The van der Waals surface area contributed by atoms with Crippen molar-refractivity contribution < 1.29 is 14.3 Å². The van der Waals surface area contributed by atoms with Crippen LogP contribution in [-0.2, 0) is 17.6 Å². The molecule has 2 N–H and O–H groups in total. The van der Waals surface area contributed by atoms with Gasteiger partial charge in [0, 0.05) is 14.3 Å². The molecule has 6 heteroatoms. The van der Waals surface area contributed by atoms with Crippen molar-refractivity contribution in [1.29, 1.82) is 0 Å². The molecule has 1 amide bonds. The molecule has 3 nitrogen and oxygen atoms in total. The largest absolute Gasteiger partial charge is 0.394 e. The zero-order valence-electron chi connectivity index (χ0n) is 14.1. The number of aryl methyl sites for hydroxylation is 1. The van der Waals surface area contributed by atoms with Gasteiger partial charge in [0.05, 0.1) is 18.6 Å². The molecule has 1 aromatic carbocycles. The van der Waals surface area contributed by atoms with E-state index < -0.39 is 5.54 Å². The van der Waals surface area contributed by atoms with Crippen molar-refractivity contribution in [2.45, 2.75) is 32.2 Å². The van der Waals surface area contributed by atoms with E-state index in [-0.39, 0.29) is 18.3 Å². The third-order valence-corrected chi connectivity index (χ3v) is 6.32. The zero-order chi connectivity index (χ0) is 18.0. The summed E-state index contributed by atoms with van der Waals surface area (Å²) in [6.45, 7) is 3.67. The van der Waals surface area contributed by atoms with E-state index >= 15 is 0 Å². The van der Waals surface area contributed by atoms with Gasteiger partial charge in [-0.25, -0.2) is 4.39 Å². The van der Waals surface area contributed by atoms with Gasteiger partial charge >= 0.3 is 0 Å². The molecular formula is C19H20FNO2S2. The summed E-state index contributed by atoms with van der Waals surface area (Å²) in [7, 11) is 0. The van der Waals surface area contributed by atoms with Gasteiger partial charge in [0.1, 0.15) is 5.82 Å². The molecule has 0 saturated carbocycles. The number of halogens is 1. The van der Waals surface area contributed by atoms with Gasteiger partial charge in [0.2, 0.25) is 5.91 Å². The maximum atomic E-state index is 13.0. The fraction of sp³-hybridized carbons (Fsp3) is 0.316. The molecule has 2 heterocycles. The van der Waals surface area contributed by atoms with Gasteiger partial charge < -0.3 is 10.4 Å². The number of thiophene rings is 2. The maximum absolute atomic E-state index is 13.0. The molecule has 1 unspecified atom stereocenters. The molecule has 25 heavy (non-hydrogen) atoms. The van der Waals surface area contributed by atoms with E-state index in [9.17, 15) is 14.3 Å². The number of nitrogens with one attached hydrogen (secondary N) is 1. The lowest BCUT2D eigenvalue weighted by atomic mass is 9.93. The monoisotopic (exact) mass is 377 g/mol. The molecule has 1 atom stereocenters. The minimum absolute atomic E-state index is 0.121. The first-order valence-corrected chi connectivity index (χ1v) is 9.71. The van der Waals surface area contributed by atoms with E-state index in [1.54, 1.807) is 41.7 Å². The molecule has 3 rings (SSSR count). The SMILES string of the molecule is Cc1cc2scc(CC(=O)NC(C)(CO)Cc3ccc(F)cc3)c2s1. The third kappa shape index (κ3) is 4.26. The number of aliphatic hydroxyl groups is 1. The molecule has 0 aliphatic heterocycles. The first-order valence-electron chi connectivity index (χ1n) is 8.01. The summed E-state index contributed by atoms with van der Waals surface area (Å²) < 4.78 is 15.4. The van der Waals surface area contributed by atoms with Crippen LogP contribution in [0.3, 0.4) is 0 Å². The summed E-state index contributed by atoms with van der Waals surface area (Å²) in [5.74, 6) is -0.421. The highest BCUT2D eigenvalue weighted by molar-refractivity contribution is 7.27. The summed E-state index contributed by atoms with van der Waals surface area (Å²) in [5.41, 5.74) is 1.11. The Morgan fingerprint density at radius 2 is 2.04 bits per heavy atom. The first kappa shape index (κ1) is 18.0. The number of benzene rings is 1. The van der Waals surface area contributed by atoms with E-state index in [0.717, 1.165) is 11.1 Å². The van der Waals surface area contributed by atoms with Crippen LogP contribution in [0.15, 0.2) is 35.7 Å². The average Bonchev–Trinajstić information content (AvgIpc) is 3.10. The lowest BCUT2D eigenvalue weighted by Gasteiger charge is -2.29. The highest BCUT2D eigenvalue weighted by Crippen LogP contribution is 2.33. The average molecular weight is 378 g/mol. The fourth-order valence-corrected chi connectivity index (χ4v) is 5.15. The van der Waals surface area contributed by atoms with Gasteiger partial charge in [0.15, 0.2) is 0 Å². The van der Waals surface area contributed by atoms with Gasteiger partial charge in [0.25, 0.3) is 0 Å². The Morgan fingerprint density at radius 1 is 1.32 bits per heavy atom. The lowest BCUT2D eigenvalue weighted by Crippen LogP contribution is -2.51. The minimum atomic E-state index is -0.782. The normalized spacial score (nSPS) is 13.8. The van der Waals surface area contributed by atoms with Gasteiger partial charge in [-0.2, -0.15) is 0 Å². The molecule has 0 fully saturated rings. The van der Waals surface area contributed by atoms with Crippen molar-refractivity contribution in [3.8, 4) is 0 Å². The third-order valence-electron chi connectivity index (χ3n) is 4.09. The topological polar surface area (TPSA) is 49.3 Å². The van der Waals surface area contributed by atoms with Crippen LogP contribution in [0, 0.1) is 12.7 Å². The van der Waals surface area contributed by atoms with Gasteiger partial charge in [-0.15, -0.1) is 22.7 Å². The molecule has 0 bridgehead atoms. The Bertz CT molecular complexity index is 885. The molecule has 2 aromatic heterocycles. The highest BCUT2D eigenvalue weighted by Gasteiger charge is 2.26. The summed E-state index contributed by atoms with van der Waals surface area (Å²) in [5, 5.41) is 14.7. The van der Waals surface area contributed by atoms with Crippen LogP contribution in [0.5, 0.6) is 0 Å². The maximum Gasteiger partial charge on any atom is 0.225 e. The number of aliphatic hydroxyl groups excluding tert-OH is 1. The van der Waals surface area contributed by atoms with E-state index in [2.05, 4.69) is 18.3 Å². The van der Waals surface area contributed by atoms with Crippen molar-refractivity contribution >= 4 is 38.0 Å². The van der Waals surface area contributed by atoms with Gasteiger partial charge in [-0.05, 0) is 55.0 Å². The van der Waals surface area contributed by atoms with E-state index in [1.807, 2.05) is 5.38 Å². The molecule has 132 valence electrons. The number of fused-ring (bicyclic) bond motifs is 1. The van der Waals surface area contributed by atoms with E-state index in [4.69, 9.17) is 0 Å². The zero-order valence-corrected chi connectivity index (χ0v) is 15.8. The van der Waals surface area contributed by atoms with Crippen LogP contribution in [0.1, 0.15) is 22.9 Å². The first-order chi connectivity index (χ1) is 11.9. The quantitative estimate of drug-likeness (QED) is 0.680. The number of carbonyl (C=O) groups excluding carboxylic acids is 1. The van der Waals surface area contributed by atoms with E-state index in [1.165, 1.54) is 26.4 Å². The van der Waals surface area contributed by atoms with Gasteiger partial charge in [-0.3, -0.25) is 4.79 Å². The number of hydrogen-bond donors (Lipinski definition) is 2. The Balaban J connectivity index is 1.69. The summed E-state index contributed by atoms with van der Waals surface area (Å²) in [6, 6.07) is 8.25. The second kappa shape index (κ2) is 7.23. The Kier molecular flexibility index (Phi) is 5.22. The summed E-state index contributed by atoms with van der Waals surface area (Å²) in [4.78, 5) is 13.7. The predicted molar refractivity (Wildman–Crippen MR) is 102 cm³/mol. The molecule has 0 aliphatic carbocycles. The molecule has 0 aliphatic rings. The van der Waals surface area contributed by atoms with Crippen molar-refractivity contribution in [2.24, 2.45) is 0 Å². The lowest BCUT2D eigenvalue weighted by molar-refractivity contribution is -0.122. The minimum Gasteiger partial charge on any atom is -0.394 e. The Labute approximate surface area is 154 Å². The van der Waals surface area contributed by atoms with Crippen molar-refractivity contribution in [3.63, 3.8) is 0 Å². The van der Waals surface area contributed by atoms with Gasteiger partial charge in [-0.1, -0.05) is 12.1 Å². The summed E-state index contributed by atoms with van der Waals surface area (Å²) in [6.07, 6.45) is 0.728. The van der Waals surface area contributed by atoms with Crippen LogP contribution in [0.25, 0.3) is 9.40 Å². The van der Waals surface area contributed by atoms with Crippen LogP contribution >= 0.6 is 22.7 Å². The number of rotatable bonds is 6. The van der Waals surface area contributed by atoms with Crippen molar-refractivity contribution in [1.82, 2.24) is 5.32 Å². The van der Waals surface area contributed by atoms with Crippen molar-refractivity contribution in [3.05, 3.63) is 57.5 Å². The second-order valence-electron chi connectivity index (χ2n) is 6.56. The van der Waals surface area contributed by atoms with Crippen LogP contribution in [0.2, 0.25) is 0 Å². The molecule has 0 saturated heterocycles. The highest BCUT2D eigenvalue weighted by atomic mass is 32.1. The number of hydrogen-bond acceptors (Lipinski definition) is 4. The fourth-order valence-electron chi connectivity index (χ4n) is 2.86. The van der Waals surface area contributed by atoms with E-state index in [0.29, 0.717) is 12.8 Å². The molecule has 0 radical (unpaired) electrons. The standard InChI is InChI=1S/C19H20FNO2S2/c1-12-7-16-18(25-12)14(10-24-16)8-17(23)21-19(2,11-22)9-13-3-5-15(20)6-4-13/h3-7,10,22H,8-9,11H2,1-2H3,(H,21,23). The van der Waals surface area contributed by atoms with Crippen LogP contribution < -0.4 is 5.32 Å². The Hall–Kier alpha value is -1.76. The molecule has 3 aromatic rings. The number of amides is 1. The Morgan fingerprint density at radius 3 is 2.72 bits per heavy atom. The number of carbonyl (C=O) groups is 1. The second-order valence-corrected chi connectivity index (χ2v) is 8.73. The smallest absolute Gasteiger partial charge is 0.225 e. The van der Waals surface area contributed by atoms with Crippen LogP contribution in [-0.4, -0.2) is 23.2 Å². The summed E-state index contributed by atoms with van der Waals surface area (Å²) >= 11 is 3.35. The molecular weight excluding hydrogens is 357 g/mol. The van der Waals surface area contributed by atoms with Crippen LogP contribution in [0.4, 0.5) is 4.39 Å².